The fraction of sp³-hybridized carbons (Fsp3) is 0.227. The molecule has 0 aliphatic rings. The molecule has 0 N–H and O–H groups in total. The summed E-state index contributed by atoms with van der Waals surface area (Å²) in [6.07, 6.45) is 1.04. The average Bonchev–Trinajstić information content (AvgIpc) is 3.31. The lowest BCUT2D eigenvalue weighted by molar-refractivity contribution is 0.634. The highest BCUT2D eigenvalue weighted by Crippen LogP contribution is 2.38. The molecular formula is C22H19N3OS2. The van der Waals surface area contributed by atoms with Crippen molar-refractivity contribution in [3.8, 4) is 27.9 Å². The van der Waals surface area contributed by atoms with Crippen LogP contribution in [0.5, 0.6) is 0 Å². The van der Waals surface area contributed by atoms with Gasteiger partial charge in [0.15, 0.2) is 0 Å². The number of fused-ring (bicyclic) bond motifs is 1. The van der Waals surface area contributed by atoms with Crippen molar-refractivity contribution in [1.29, 1.82) is 5.26 Å². The first-order valence-corrected chi connectivity index (χ1v) is 10.8. The second kappa shape index (κ2) is 7.70. The van der Waals surface area contributed by atoms with E-state index in [-0.39, 0.29) is 5.56 Å². The third-order valence-corrected chi connectivity index (χ3v) is 6.62. The van der Waals surface area contributed by atoms with Crippen LogP contribution in [0.4, 0.5) is 0 Å². The molecule has 0 aliphatic heterocycles. The summed E-state index contributed by atoms with van der Waals surface area (Å²) in [4.78, 5) is 21.4. The Hall–Kier alpha value is -2.75. The molecule has 0 fully saturated rings. The summed E-state index contributed by atoms with van der Waals surface area (Å²) in [7, 11) is 0. The van der Waals surface area contributed by atoms with Crippen LogP contribution in [0.1, 0.15) is 23.3 Å². The Morgan fingerprint density at radius 2 is 1.96 bits per heavy atom. The van der Waals surface area contributed by atoms with Crippen LogP contribution >= 0.6 is 22.7 Å². The average molecular weight is 406 g/mol. The zero-order valence-corrected chi connectivity index (χ0v) is 17.4. The van der Waals surface area contributed by atoms with Gasteiger partial charge in [-0.15, -0.1) is 22.7 Å². The molecule has 140 valence electrons. The van der Waals surface area contributed by atoms with Gasteiger partial charge in [-0.2, -0.15) is 5.26 Å². The molecule has 0 spiro atoms. The fourth-order valence-corrected chi connectivity index (χ4v) is 5.29. The van der Waals surface area contributed by atoms with Crippen molar-refractivity contribution in [3.63, 3.8) is 0 Å². The summed E-state index contributed by atoms with van der Waals surface area (Å²) in [6.45, 7) is 4.57. The molecular weight excluding hydrogens is 386 g/mol. The summed E-state index contributed by atoms with van der Waals surface area (Å²) in [5.74, 6) is 0.675. The second-order valence-electron chi connectivity index (χ2n) is 6.71. The van der Waals surface area contributed by atoms with Crippen molar-refractivity contribution < 1.29 is 0 Å². The molecule has 0 bridgehead atoms. The van der Waals surface area contributed by atoms with Gasteiger partial charge in [0.05, 0.1) is 11.5 Å². The molecule has 1 aromatic carbocycles. The second-order valence-corrected chi connectivity index (χ2v) is 8.86. The van der Waals surface area contributed by atoms with E-state index in [0.29, 0.717) is 30.6 Å². The summed E-state index contributed by atoms with van der Waals surface area (Å²) in [6, 6.07) is 14.3. The molecule has 0 unspecified atom stereocenters. The Morgan fingerprint density at radius 1 is 1.18 bits per heavy atom. The molecule has 0 radical (unpaired) electrons. The molecule has 3 heterocycles. The summed E-state index contributed by atoms with van der Waals surface area (Å²) in [5, 5.41) is 11.6. The number of aryl methyl sites for hydroxylation is 2. The van der Waals surface area contributed by atoms with Crippen molar-refractivity contribution in [2.24, 2.45) is 0 Å². The highest BCUT2D eigenvalue weighted by Gasteiger charge is 2.20. The molecule has 3 aromatic heterocycles. The van der Waals surface area contributed by atoms with E-state index in [1.54, 1.807) is 27.2 Å². The smallest absolute Gasteiger partial charge is 0.263 e. The van der Waals surface area contributed by atoms with Crippen LogP contribution < -0.4 is 5.56 Å². The highest BCUT2D eigenvalue weighted by atomic mass is 32.1. The van der Waals surface area contributed by atoms with Crippen LogP contribution in [0.15, 0.2) is 46.6 Å². The van der Waals surface area contributed by atoms with Crippen LogP contribution in [-0.2, 0) is 6.54 Å². The molecule has 0 saturated heterocycles. The summed E-state index contributed by atoms with van der Waals surface area (Å²) in [5.41, 5.74) is 3.06. The molecule has 4 aromatic rings. The molecule has 28 heavy (non-hydrogen) atoms. The maximum atomic E-state index is 13.6. The van der Waals surface area contributed by atoms with E-state index in [9.17, 15) is 4.79 Å². The molecule has 0 amide bonds. The Labute approximate surface area is 171 Å². The van der Waals surface area contributed by atoms with Gasteiger partial charge in [-0.1, -0.05) is 35.9 Å². The van der Waals surface area contributed by atoms with Gasteiger partial charge in [0.1, 0.15) is 10.7 Å². The van der Waals surface area contributed by atoms with Crippen molar-refractivity contribution in [2.45, 2.75) is 33.2 Å². The van der Waals surface area contributed by atoms with Crippen LogP contribution in [0.25, 0.3) is 32.0 Å². The number of rotatable bonds is 5. The standard InChI is InChI=1S/C22H19N3OS2/c1-14-7-9-16(10-8-14)20-24-21-19(22(26)25(20)12-4-3-11-23)18(15(2)28-21)17-6-5-13-27-17/h5-10,13H,3-4,12H2,1-2H3. The predicted molar refractivity (Wildman–Crippen MR) is 117 cm³/mol. The molecule has 4 nitrogen and oxygen atoms in total. The first-order valence-electron chi connectivity index (χ1n) is 9.12. The van der Waals surface area contributed by atoms with Gasteiger partial charge in [0.25, 0.3) is 5.56 Å². The number of benzene rings is 1. The largest absolute Gasteiger partial charge is 0.292 e. The van der Waals surface area contributed by atoms with Crippen LogP contribution in [-0.4, -0.2) is 9.55 Å². The van der Waals surface area contributed by atoms with Gasteiger partial charge in [-0.25, -0.2) is 4.98 Å². The normalized spacial score (nSPS) is 11.0. The van der Waals surface area contributed by atoms with E-state index in [4.69, 9.17) is 10.2 Å². The SMILES string of the molecule is Cc1ccc(-c2nc3sc(C)c(-c4cccs4)c3c(=O)n2CCCC#N)cc1. The van der Waals surface area contributed by atoms with Crippen LogP contribution in [0, 0.1) is 25.2 Å². The number of hydrogen-bond donors (Lipinski definition) is 0. The molecule has 0 aliphatic carbocycles. The van der Waals surface area contributed by atoms with E-state index < -0.39 is 0 Å². The van der Waals surface area contributed by atoms with Crippen LogP contribution in [0.2, 0.25) is 0 Å². The Kier molecular flexibility index (Phi) is 5.12. The summed E-state index contributed by atoms with van der Waals surface area (Å²) < 4.78 is 1.74. The Balaban J connectivity index is 1.99. The molecule has 0 saturated carbocycles. The highest BCUT2D eigenvalue weighted by molar-refractivity contribution is 7.20. The number of aromatic nitrogens is 2. The molecule has 0 atom stereocenters. The first-order chi connectivity index (χ1) is 13.6. The third-order valence-electron chi connectivity index (χ3n) is 4.74. The van der Waals surface area contributed by atoms with Crippen molar-refractivity contribution in [1.82, 2.24) is 9.55 Å². The topological polar surface area (TPSA) is 58.7 Å². The van der Waals surface area contributed by atoms with Gasteiger partial charge in [-0.05, 0) is 31.7 Å². The number of nitriles is 1. The van der Waals surface area contributed by atoms with E-state index in [1.807, 2.05) is 55.6 Å². The van der Waals surface area contributed by atoms with Crippen molar-refractivity contribution >= 4 is 32.9 Å². The minimum atomic E-state index is -0.0220. The van der Waals surface area contributed by atoms with Crippen LogP contribution in [0.3, 0.4) is 0 Å². The van der Waals surface area contributed by atoms with E-state index in [0.717, 1.165) is 31.3 Å². The van der Waals surface area contributed by atoms with Gasteiger partial charge >= 0.3 is 0 Å². The van der Waals surface area contributed by atoms with E-state index >= 15 is 0 Å². The monoisotopic (exact) mass is 405 g/mol. The Morgan fingerprint density at radius 3 is 2.64 bits per heavy atom. The third kappa shape index (κ3) is 3.28. The maximum Gasteiger partial charge on any atom is 0.263 e. The van der Waals surface area contributed by atoms with Crippen molar-refractivity contribution in [2.75, 3.05) is 0 Å². The number of hydrogen-bond acceptors (Lipinski definition) is 5. The van der Waals surface area contributed by atoms with Crippen molar-refractivity contribution in [3.05, 3.63) is 62.6 Å². The van der Waals surface area contributed by atoms with Gasteiger partial charge in [0.2, 0.25) is 0 Å². The summed E-state index contributed by atoms with van der Waals surface area (Å²) >= 11 is 3.21. The molecule has 4 rings (SSSR count). The van der Waals surface area contributed by atoms with Gasteiger partial charge < -0.3 is 0 Å². The van der Waals surface area contributed by atoms with Gasteiger partial charge in [-0.3, -0.25) is 9.36 Å². The lowest BCUT2D eigenvalue weighted by atomic mass is 10.1. The number of thiophene rings is 2. The minimum absolute atomic E-state index is 0.0220. The maximum absolute atomic E-state index is 13.6. The predicted octanol–water partition coefficient (Wildman–Crippen LogP) is 5.77. The lowest BCUT2D eigenvalue weighted by Gasteiger charge is -2.12. The minimum Gasteiger partial charge on any atom is -0.292 e. The number of unbranched alkanes of at least 4 members (excludes halogenated alkanes) is 1. The molecule has 6 heteroatoms. The zero-order valence-electron chi connectivity index (χ0n) is 15.7. The number of nitrogens with zero attached hydrogens (tertiary/aromatic N) is 3. The van der Waals surface area contributed by atoms with E-state index in [1.165, 1.54) is 0 Å². The fourth-order valence-electron chi connectivity index (χ4n) is 3.36. The lowest BCUT2D eigenvalue weighted by Crippen LogP contribution is -2.23. The quantitative estimate of drug-likeness (QED) is 0.396. The first kappa shape index (κ1) is 18.6. The zero-order chi connectivity index (χ0) is 19.7. The Bertz CT molecular complexity index is 1230. The van der Waals surface area contributed by atoms with Gasteiger partial charge in [0, 0.05) is 33.8 Å². The van der Waals surface area contributed by atoms with E-state index in [2.05, 4.69) is 6.07 Å².